The third kappa shape index (κ3) is 3.65. The molecule has 9 heteroatoms. The number of carbonyl (C=O) groups excluding carboxylic acids is 1. The molecule has 0 aliphatic heterocycles. The summed E-state index contributed by atoms with van der Waals surface area (Å²) in [7, 11) is -3.44. The monoisotopic (exact) mass is 444 g/mol. The van der Waals surface area contributed by atoms with Crippen molar-refractivity contribution >= 4 is 33.0 Å². The number of urea groups is 1. The zero-order chi connectivity index (χ0) is 21.7. The van der Waals surface area contributed by atoms with Crippen LogP contribution in [-0.2, 0) is 41.2 Å². The molecule has 2 aromatic rings. The lowest BCUT2D eigenvalue weighted by molar-refractivity contribution is 0.0789. The summed E-state index contributed by atoms with van der Waals surface area (Å²) < 4.78 is 17.0. The van der Waals surface area contributed by atoms with Crippen LogP contribution in [0.25, 0.3) is 0 Å². The van der Waals surface area contributed by atoms with Crippen LogP contribution in [-0.4, -0.2) is 15.3 Å². The van der Waals surface area contributed by atoms with Crippen LogP contribution in [0.3, 0.4) is 0 Å². The SMILES string of the molecule is CC(C)(O)c1csc([S@](N)(=O)=NC(=O)Nc2c3c(c(C#N)c4c2CCC4)CCC3)c1. The molecule has 0 saturated carbocycles. The van der Waals surface area contributed by atoms with Gasteiger partial charge in [0.2, 0.25) is 0 Å². The first-order valence-corrected chi connectivity index (χ1v) is 12.3. The number of hydrogen-bond donors (Lipinski definition) is 3. The van der Waals surface area contributed by atoms with E-state index in [-0.39, 0.29) is 4.21 Å². The highest BCUT2D eigenvalue weighted by Gasteiger charge is 2.29. The van der Waals surface area contributed by atoms with Gasteiger partial charge in [-0.25, -0.2) is 14.1 Å². The number of anilines is 1. The van der Waals surface area contributed by atoms with Crippen LogP contribution in [0.4, 0.5) is 10.5 Å². The summed E-state index contributed by atoms with van der Waals surface area (Å²) >= 11 is 1.11. The number of amides is 2. The molecule has 0 fully saturated rings. The smallest absolute Gasteiger partial charge is 0.354 e. The van der Waals surface area contributed by atoms with E-state index in [1.807, 2.05) is 0 Å². The molecule has 4 N–H and O–H groups in total. The normalized spacial score (nSPS) is 17.0. The Balaban J connectivity index is 1.69. The van der Waals surface area contributed by atoms with Crippen molar-refractivity contribution in [3.63, 3.8) is 0 Å². The predicted molar refractivity (Wildman–Crippen MR) is 117 cm³/mol. The zero-order valence-corrected chi connectivity index (χ0v) is 18.6. The number of fused-ring (bicyclic) bond motifs is 2. The van der Waals surface area contributed by atoms with Gasteiger partial charge in [-0.3, -0.25) is 0 Å². The van der Waals surface area contributed by atoms with Crippen LogP contribution in [0, 0.1) is 11.3 Å². The standard InChI is InChI=1S/C21H24N4O3S2/c1-21(2,27)12-9-18(29-11-12)30(23,28)25-20(26)24-19-15-7-3-5-13(15)17(10-22)14-6-4-8-16(14)19/h9,11,27H,3-8H2,1-2H3,(H3,23,24,25,26,28)/t30-/m1/s1. The Morgan fingerprint density at radius 2 is 1.80 bits per heavy atom. The lowest BCUT2D eigenvalue weighted by Gasteiger charge is -2.17. The number of nitrogens with zero attached hydrogens (tertiary/aromatic N) is 2. The molecule has 1 aromatic heterocycles. The number of aliphatic hydroxyl groups is 1. The molecular formula is C21H24N4O3S2. The molecule has 2 amide bonds. The van der Waals surface area contributed by atoms with E-state index >= 15 is 0 Å². The second-order valence-corrected chi connectivity index (χ2v) is 11.2. The second kappa shape index (κ2) is 7.46. The van der Waals surface area contributed by atoms with Crippen LogP contribution in [0.1, 0.15) is 60.1 Å². The van der Waals surface area contributed by atoms with Crippen molar-refractivity contribution in [3.05, 3.63) is 44.8 Å². The second-order valence-electron chi connectivity index (χ2n) is 8.29. The predicted octanol–water partition coefficient (Wildman–Crippen LogP) is 3.76. The molecule has 2 aliphatic carbocycles. The van der Waals surface area contributed by atoms with Gasteiger partial charge in [-0.2, -0.15) is 5.26 Å². The fourth-order valence-electron chi connectivity index (χ4n) is 4.33. The highest BCUT2D eigenvalue weighted by atomic mass is 32.2. The number of thiophene rings is 1. The Morgan fingerprint density at radius 3 is 2.30 bits per heavy atom. The van der Waals surface area contributed by atoms with E-state index in [0.29, 0.717) is 5.56 Å². The topological polar surface area (TPSA) is 129 Å². The molecule has 158 valence electrons. The van der Waals surface area contributed by atoms with Gasteiger partial charge in [0.05, 0.1) is 17.2 Å². The van der Waals surface area contributed by atoms with Gasteiger partial charge < -0.3 is 10.4 Å². The average molecular weight is 445 g/mol. The highest BCUT2D eigenvalue weighted by molar-refractivity contribution is 7.93. The van der Waals surface area contributed by atoms with Crippen LogP contribution in [0.5, 0.6) is 0 Å². The van der Waals surface area contributed by atoms with E-state index < -0.39 is 21.5 Å². The number of nitrogens with two attached hydrogens (primary N) is 1. The van der Waals surface area contributed by atoms with E-state index in [0.717, 1.165) is 83.4 Å². The Kier molecular flexibility index (Phi) is 5.22. The largest absolute Gasteiger partial charge is 0.386 e. The Hall–Kier alpha value is -2.25. The summed E-state index contributed by atoms with van der Waals surface area (Å²) in [4.78, 5) is 12.7. The van der Waals surface area contributed by atoms with Gasteiger partial charge in [0.25, 0.3) is 0 Å². The van der Waals surface area contributed by atoms with Crippen molar-refractivity contribution in [2.45, 2.75) is 62.2 Å². The van der Waals surface area contributed by atoms with Gasteiger partial charge >= 0.3 is 6.03 Å². The molecule has 0 bridgehead atoms. The number of rotatable bonds is 3. The van der Waals surface area contributed by atoms with Gasteiger partial charge in [-0.05, 0) is 91.6 Å². The fourth-order valence-corrected chi connectivity index (χ4v) is 6.61. The zero-order valence-electron chi connectivity index (χ0n) is 16.9. The quantitative estimate of drug-likeness (QED) is 0.666. The number of hydrogen-bond acceptors (Lipinski definition) is 5. The lowest BCUT2D eigenvalue weighted by Crippen LogP contribution is -2.19. The minimum atomic E-state index is -3.44. The summed E-state index contributed by atoms with van der Waals surface area (Å²) in [6, 6.07) is 3.13. The van der Waals surface area contributed by atoms with Crippen LogP contribution in [0.2, 0.25) is 0 Å². The maximum atomic E-state index is 12.9. The third-order valence-electron chi connectivity index (χ3n) is 5.78. The van der Waals surface area contributed by atoms with Crippen LogP contribution < -0.4 is 10.5 Å². The van der Waals surface area contributed by atoms with E-state index in [4.69, 9.17) is 5.14 Å². The Bertz CT molecular complexity index is 1170. The van der Waals surface area contributed by atoms with Crippen molar-refractivity contribution in [1.29, 1.82) is 5.26 Å². The molecule has 0 radical (unpaired) electrons. The first kappa shape index (κ1) is 21.0. The summed E-state index contributed by atoms with van der Waals surface area (Å²) in [6.07, 6.45) is 5.13. The summed E-state index contributed by atoms with van der Waals surface area (Å²) in [5.74, 6) is 0. The average Bonchev–Trinajstić information content (AvgIpc) is 3.40. The molecule has 4 rings (SSSR count). The first-order chi connectivity index (χ1) is 14.1. The molecule has 0 saturated heterocycles. The first-order valence-electron chi connectivity index (χ1n) is 9.88. The molecule has 30 heavy (non-hydrogen) atoms. The van der Waals surface area contributed by atoms with Gasteiger partial charge in [0.1, 0.15) is 4.21 Å². The van der Waals surface area contributed by atoms with E-state index in [1.165, 1.54) is 6.07 Å². The minimum absolute atomic E-state index is 0.241. The number of benzene rings is 1. The molecule has 1 heterocycles. The van der Waals surface area contributed by atoms with E-state index in [2.05, 4.69) is 15.7 Å². The number of nitrogens with one attached hydrogen (secondary N) is 1. The van der Waals surface area contributed by atoms with Crippen molar-refractivity contribution in [1.82, 2.24) is 0 Å². The molecule has 2 aliphatic rings. The third-order valence-corrected chi connectivity index (χ3v) is 8.63. The Labute approximate surface area is 180 Å². The lowest BCUT2D eigenvalue weighted by atomic mass is 9.93. The Morgan fingerprint density at radius 1 is 1.23 bits per heavy atom. The number of nitriles is 1. The maximum absolute atomic E-state index is 12.9. The van der Waals surface area contributed by atoms with Crippen LogP contribution in [0.15, 0.2) is 20.0 Å². The molecule has 0 unspecified atom stereocenters. The summed E-state index contributed by atoms with van der Waals surface area (Å²) in [6.45, 7) is 3.24. The van der Waals surface area contributed by atoms with E-state index in [9.17, 15) is 19.4 Å². The highest BCUT2D eigenvalue weighted by Crippen LogP contribution is 2.41. The van der Waals surface area contributed by atoms with Crippen molar-refractivity contribution < 1.29 is 14.1 Å². The molecular weight excluding hydrogens is 420 g/mol. The van der Waals surface area contributed by atoms with Gasteiger partial charge in [-0.1, -0.05) is 0 Å². The molecule has 1 aromatic carbocycles. The van der Waals surface area contributed by atoms with Crippen molar-refractivity contribution in [2.75, 3.05) is 5.32 Å². The molecule has 7 nitrogen and oxygen atoms in total. The minimum Gasteiger partial charge on any atom is -0.386 e. The van der Waals surface area contributed by atoms with Crippen LogP contribution >= 0.6 is 11.3 Å². The molecule has 1 atom stereocenters. The van der Waals surface area contributed by atoms with Crippen molar-refractivity contribution in [2.24, 2.45) is 9.50 Å². The van der Waals surface area contributed by atoms with Crippen molar-refractivity contribution in [3.8, 4) is 6.07 Å². The number of carbonyl (C=O) groups is 1. The fraction of sp³-hybridized carbons (Fsp3) is 0.429. The van der Waals surface area contributed by atoms with Gasteiger partial charge in [-0.15, -0.1) is 15.7 Å². The van der Waals surface area contributed by atoms with Gasteiger partial charge in [0.15, 0.2) is 9.92 Å². The van der Waals surface area contributed by atoms with E-state index in [1.54, 1.807) is 19.2 Å². The maximum Gasteiger partial charge on any atom is 0.354 e. The molecule has 0 spiro atoms. The summed E-state index contributed by atoms with van der Waals surface area (Å²) in [5.41, 5.74) is 5.01. The summed E-state index contributed by atoms with van der Waals surface area (Å²) in [5, 5.41) is 30.2. The van der Waals surface area contributed by atoms with Gasteiger partial charge in [0, 0.05) is 5.69 Å².